The minimum Gasteiger partial charge on any atom is -0.390 e. The number of likely N-dealkylation sites (tertiary alicyclic amines) is 1. The number of aliphatic hydroxyl groups is 1. The number of para-hydroxylation sites is 1. The molecule has 2 saturated heterocycles. The van der Waals surface area contributed by atoms with Crippen molar-refractivity contribution in [3.8, 4) is 0 Å². The molecule has 8 heteroatoms. The maximum absolute atomic E-state index is 13.9. The van der Waals surface area contributed by atoms with Gasteiger partial charge in [0, 0.05) is 45.2 Å². The summed E-state index contributed by atoms with van der Waals surface area (Å²) in [6, 6.07) is 6.75. The molecular formula is C19H27F4N3O. The van der Waals surface area contributed by atoms with Crippen LogP contribution < -0.4 is 4.90 Å². The molecule has 0 amide bonds. The first-order chi connectivity index (χ1) is 12.8. The highest BCUT2D eigenvalue weighted by Gasteiger charge is 2.34. The van der Waals surface area contributed by atoms with Crippen LogP contribution in [0.4, 0.5) is 23.2 Å². The van der Waals surface area contributed by atoms with E-state index in [4.69, 9.17) is 0 Å². The summed E-state index contributed by atoms with van der Waals surface area (Å²) in [7, 11) is 0. The van der Waals surface area contributed by atoms with Crippen molar-refractivity contribution >= 4 is 5.69 Å². The molecule has 0 spiro atoms. The second-order valence-electron chi connectivity index (χ2n) is 7.42. The fraction of sp³-hybridized carbons (Fsp3) is 0.684. The number of hydrogen-bond donors (Lipinski definition) is 1. The van der Waals surface area contributed by atoms with E-state index in [0.717, 1.165) is 19.5 Å². The van der Waals surface area contributed by atoms with Crippen molar-refractivity contribution in [3.05, 3.63) is 30.1 Å². The number of β-amino-alcohol motifs (C(OH)–C–C–N with tert-alkyl or cyclic N) is 1. The third-order valence-corrected chi connectivity index (χ3v) is 5.54. The van der Waals surface area contributed by atoms with Gasteiger partial charge in [-0.15, -0.1) is 0 Å². The number of halogens is 4. The summed E-state index contributed by atoms with van der Waals surface area (Å²) in [4.78, 5) is 6.17. The van der Waals surface area contributed by atoms with E-state index in [1.807, 2.05) is 15.9 Å². The molecule has 0 bridgehead atoms. The van der Waals surface area contributed by atoms with Gasteiger partial charge >= 0.3 is 6.18 Å². The number of nitrogens with zero attached hydrogens (tertiary/aromatic N) is 3. The van der Waals surface area contributed by atoms with Gasteiger partial charge in [-0.3, -0.25) is 4.90 Å². The molecule has 152 valence electrons. The maximum atomic E-state index is 13.9. The Morgan fingerprint density at radius 1 is 1.04 bits per heavy atom. The first-order valence-electron chi connectivity index (χ1n) is 9.54. The molecule has 1 aromatic carbocycles. The Kier molecular flexibility index (Phi) is 6.60. The number of piperazine rings is 1. The zero-order valence-corrected chi connectivity index (χ0v) is 15.3. The van der Waals surface area contributed by atoms with Crippen LogP contribution in [0.25, 0.3) is 0 Å². The van der Waals surface area contributed by atoms with Crippen LogP contribution in [0.2, 0.25) is 0 Å². The van der Waals surface area contributed by atoms with Crippen LogP contribution in [-0.4, -0.2) is 79.0 Å². The Labute approximate surface area is 157 Å². The Balaban J connectivity index is 1.45. The molecule has 0 radical (unpaired) electrons. The van der Waals surface area contributed by atoms with E-state index < -0.39 is 18.7 Å². The number of alkyl halides is 3. The SMILES string of the molecule is O[C@@H]1CN(CCCC(F)(F)F)CC[C@H]1N1CCN(c2ccccc2F)CC1. The van der Waals surface area contributed by atoms with Crippen LogP contribution in [0.15, 0.2) is 24.3 Å². The molecule has 2 aliphatic heterocycles. The lowest BCUT2D eigenvalue weighted by atomic mass is 9.99. The number of aliphatic hydroxyl groups excluding tert-OH is 1. The van der Waals surface area contributed by atoms with Gasteiger partial charge in [-0.2, -0.15) is 13.2 Å². The monoisotopic (exact) mass is 389 g/mol. The largest absolute Gasteiger partial charge is 0.390 e. The zero-order valence-electron chi connectivity index (χ0n) is 15.3. The van der Waals surface area contributed by atoms with Gasteiger partial charge in [-0.05, 0) is 38.1 Å². The number of hydrogen-bond acceptors (Lipinski definition) is 4. The second-order valence-corrected chi connectivity index (χ2v) is 7.42. The van der Waals surface area contributed by atoms with E-state index in [-0.39, 0.29) is 18.3 Å². The van der Waals surface area contributed by atoms with Gasteiger partial charge in [0.05, 0.1) is 11.8 Å². The third kappa shape index (κ3) is 5.56. The third-order valence-electron chi connectivity index (χ3n) is 5.54. The first-order valence-corrected chi connectivity index (χ1v) is 9.54. The molecule has 2 aliphatic rings. The van der Waals surface area contributed by atoms with Crippen LogP contribution in [0, 0.1) is 5.82 Å². The number of anilines is 1. The average molecular weight is 389 g/mol. The topological polar surface area (TPSA) is 30.0 Å². The Morgan fingerprint density at radius 3 is 2.37 bits per heavy atom. The Morgan fingerprint density at radius 2 is 1.74 bits per heavy atom. The summed E-state index contributed by atoms with van der Waals surface area (Å²) in [5, 5.41) is 10.5. The van der Waals surface area contributed by atoms with Crippen molar-refractivity contribution in [2.75, 3.05) is 50.7 Å². The van der Waals surface area contributed by atoms with E-state index in [1.54, 1.807) is 12.1 Å². The van der Waals surface area contributed by atoms with E-state index in [9.17, 15) is 22.7 Å². The molecule has 0 unspecified atom stereocenters. The van der Waals surface area contributed by atoms with Crippen LogP contribution in [0.1, 0.15) is 19.3 Å². The molecule has 0 aromatic heterocycles. The van der Waals surface area contributed by atoms with Crippen molar-refractivity contribution in [2.45, 2.75) is 37.6 Å². The van der Waals surface area contributed by atoms with Gasteiger partial charge < -0.3 is 14.9 Å². The van der Waals surface area contributed by atoms with Crippen molar-refractivity contribution in [3.63, 3.8) is 0 Å². The quantitative estimate of drug-likeness (QED) is 0.785. The standard InChI is InChI=1S/C19H27F4N3O/c20-15-4-1-2-5-16(15)25-10-12-26(13-11-25)17-6-9-24(14-18(17)27)8-3-7-19(21,22)23/h1-2,4-5,17-18,27H,3,6-14H2/t17-,18-/m1/s1. The molecule has 2 heterocycles. The first kappa shape index (κ1) is 20.4. The van der Waals surface area contributed by atoms with Crippen molar-refractivity contribution < 1.29 is 22.7 Å². The highest BCUT2D eigenvalue weighted by molar-refractivity contribution is 5.48. The van der Waals surface area contributed by atoms with E-state index in [2.05, 4.69) is 4.90 Å². The van der Waals surface area contributed by atoms with Gasteiger partial charge in [0.1, 0.15) is 5.82 Å². The average Bonchev–Trinajstić information content (AvgIpc) is 2.62. The summed E-state index contributed by atoms with van der Waals surface area (Å²) in [6.07, 6.45) is -4.64. The van der Waals surface area contributed by atoms with E-state index in [1.165, 1.54) is 6.07 Å². The maximum Gasteiger partial charge on any atom is 0.389 e. The Bertz CT molecular complexity index is 605. The summed E-state index contributed by atoms with van der Waals surface area (Å²) in [5.41, 5.74) is 0.609. The summed E-state index contributed by atoms with van der Waals surface area (Å²) < 4.78 is 50.7. The molecule has 27 heavy (non-hydrogen) atoms. The molecular weight excluding hydrogens is 362 g/mol. The highest BCUT2D eigenvalue weighted by Crippen LogP contribution is 2.25. The van der Waals surface area contributed by atoms with Crippen molar-refractivity contribution in [2.24, 2.45) is 0 Å². The van der Waals surface area contributed by atoms with E-state index in [0.29, 0.717) is 38.4 Å². The predicted molar refractivity (Wildman–Crippen MR) is 96.3 cm³/mol. The number of piperidine rings is 1. The van der Waals surface area contributed by atoms with Gasteiger partial charge in [0.15, 0.2) is 0 Å². The lowest BCUT2D eigenvalue weighted by molar-refractivity contribution is -0.136. The Hall–Kier alpha value is -1.38. The zero-order chi connectivity index (χ0) is 19.4. The second kappa shape index (κ2) is 8.75. The molecule has 0 saturated carbocycles. The molecule has 4 nitrogen and oxygen atoms in total. The minimum absolute atomic E-state index is 0.0200. The van der Waals surface area contributed by atoms with Gasteiger partial charge in [0.2, 0.25) is 0 Å². The molecule has 1 N–H and O–H groups in total. The minimum atomic E-state index is -4.12. The number of benzene rings is 1. The lowest BCUT2D eigenvalue weighted by Crippen LogP contribution is -2.59. The molecule has 2 atom stereocenters. The summed E-state index contributed by atoms with van der Waals surface area (Å²) in [6.45, 7) is 4.35. The fourth-order valence-corrected chi connectivity index (χ4v) is 4.12. The van der Waals surface area contributed by atoms with Gasteiger partial charge in [0.25, 0.3) is 0 Å². The molecule has 3 rings (SSSR count). The van der Waals surface area contributed by atoms with E-state index >= 15 is 0 Å². The summed E-state index contributed by atoms with van der Waals surface area (Å²) >= 11 is 0. The predicted octanol–water partition coefficient (Wildman–Crippen LogP) is 2.73. The van der Waals surface area contributed by atoms with Crippen LogP contribution in [-0.2, 0) is 0 Å². The molecule has 0 aliphatic carbocycles. The normalized spacial score (nSPS) is 25.7. The van der Waals surface area contributed by atoms with Crippen molar-refractivity contribution in [1.82, 2.24) is 9.80 Å². The van der Waals surface area contributed by atoms with Crippen LogP contribution in [0.3, 0.4) is 0 Å². The van der Waals surface area contributed by atoms with Crippen LogP contribution in [0.5, 0.6) is 0 Å². The molecule has 1 aromatic rings. The summed E-state index contributed by atoms with van der Waals surface area (Å²) in [5.74, 6) is -0.224. The van der Waals surface area contributed by atoms with Gasteiger partial charge in [-0.1, -0.05) is 12.1 Å². The molecule has 2 fully saturated rings. The number of rotatable bonds is 5. The smallest absolute Gasteiger partial charge is 0.389 e. The highest BCUT2D eigenvalue weighted by atomic mass is 19.4. The van der Waals surface area contributed by atoms with Crippen molar-refractivity contribution in [1.29, 1.82) is 0 Å². The fourth-order valence-electron chi connectivity index (χ4n) is 4.12. The van der Waals surface area contributed by atoms with Gasteiger partial charge in [-0.25, -0.2) is 4.39 Å². The van der Waals surface area contributed by atoms with Crippen LogP contribution >= 0.6 is 0 Å². The lowest BCUT2D eigenvalue weighted by Gasteiger charge is -2.45.